The Bertz CT molecular complexity index is 635. The van der Waals surface area contributed by atoms with Crippen molar-refractivity contribution in [2.24, 2.45) is 0 Å². The number of nitrogens with one attached hydrogen (secondary N) is 1. The lowest BCUT2D eigenvalue weighted by molar-refractivity contribution is -0.124. The van der Waals surface area contributed by atoms with E-state index in [-0.39, 0.29) is 11.4 Å². The fourth-order valence-corrected chi connectivity index (χ4v) is 3.46. The van der Waals surface area contributed by atoms with E-state index in [2.05, 4.69) is 31.3 Å². The maximum Gasteiger partial charge on any atom is 0.236 e. The van der Waals surface area contributed by atoms with Gasteiger partial charge in [-0.2, -0.15) is 0 Å². The van der Waals surface area contributed by atoms with Crippen LogP contribution in [0.5, 0.6) is 0 Å². The van der Waals surface area contributed by atoms with Crippen LogP contribution in [0.3, 0.4) is 0 Å². The molecule has 2 aromatic rings. The van der Waals surface area contributed by atoms with Crippen LogP contribution in [0.4, 0.5) is 0 Å². The second-order valence-corrected chi connectivity index (χ2v) is 8.62. The second-order valence-electron chi connectivity index (χ2n) is 6.93. The van der Waals surface area contributed by atoms with Crippen LogP contribution in [-0.2, 0) is 11.2 Å². The SMILES string of the molecule is CC(C)(Cc1ccccc1)NC(=O)C(C)(C)Sc1ccccc1. The van der Waals surface area contributed by atoms with E-state index in [4.69, 9.17) is 0 Å². The van der Waals surface area contributed by atoms with E-state index < -0.39 is 4.75 Å². The van der Waals surface area contributed by atoms with Gasteiger partial charge in [-0.15, -0.1) is 11.8 Å². The Hall–Kier alpha value is -1.74. The van der Waals surface area contributed by atoms with Crippen LogP contribution in [0, 0.1) is 0 Å². The van der Waals surface area contributed by atoms with Gasteiger partial charge < -0.3 is 5.32 Å². The van der Waals surface area contributed by atoms with Crippen LogP contribution in [0.25, 0.3) is 0 Å². The van der Waals surface area contributed by atoms with Crippen LogP contribution in [0.15, 0.2) is 65.6 Å². The van der Waals surface area contributed by atoms with E-state index in [1.165, 1.54) is 5.56 Å². The van der Waals surface area contributed by atoms with Gasteiger partial charge in [0.05, 0.1) is 4.75 Å². The summed E-state index contributed by atoms with van der Waals surface area (Å²) in [5.74, 6) is 0.0623. The highest BCUT2D eigenvalue weighted by atomic mass is 32.2. The van der Waals surface area contributed by atoms with Crippen LogP contribution in [0.2, 0.25) is 0 Å². The molecule has 0 aliphatic heterocycles. The lowest BCUT2D eigenvalue weighted by Crippen LogP contribution is -2.51. The van der Waals surface area contributed by atoms with Crippen molar-refractivity contribution in [3.8, 4) is 0 Å². The second kappa shape index (κ2) is 7.22. The molecule has 0 radical (unpaired) electrons. The van der Waals surface area contributed by atoms with E-state index in [1.54, 1.807) is 11.8 Å². The van der Waals surface area contributed by atoms with Gasteiger partial charge in [0, 0.05) is 10.4 Å². The molecule has 0 aliphatic carbocycles. The van der Waals surface area contributed by atoms with Gasteiger partial charge >= 0.3 is 0 Å². The third-order valence-corrected chi connectivity index (χ3v) is 4.81. The summed E-state index contributed by atoms with van der Waals surface area (Å²) in [7, 11) is 0. The lowest BCUT2D eigenvalue weighted by atomic mass is 9.94. The monoisotopic (exact) mass is 327 g/mol. The predicted octanol–water partition coefficient (Wildman–Crippen LogP) is 4.69. The Morgan fingerprint density at radius 1 is 0.913 bits per heavy atom. The van der Waals surface area contributed by atoms with Crippen molar-refractivity contribution in [1.82, 2.24) is 5.32 Å². The van der Waals surface area contributed by atoms with Crippen molar-refractivity contribution in [2.75, 3.05) is 0 Å². The Labute approximate surface area is 143 Å². The third kappa shape index (κ3) is 5.43. The Balaban J connectivity index is 2.01. The van der Waals surface area contributed by atoms with Crippen LogP contribution in [-0.4, -0.2) is 16.2 Å². The molecule has 23 heavy (non-hydrogen) atoms. The molecule has 122 valence electrons. The highest BCUT2D eigenvalue weighted by molar-refractivity contribution is 8.01. The zero-order valence-corrected chi connectivity index (χ0v) is 15.1. The van der Waals surface area contributed by atoms with Gasteiger partial charge in [0.1, 0.15) is 0 Å². The topological polar surface area (TPSA) is 29.1 Å². The molecule has 0 bridgehead atoms. The molecule has 2 rings (SSSR count). The van der Waals surface area contributed by atoms with Crippen molar-refractivity contribution >= 4 is 17.7 Å². The number of rotatable bonds is 6. The average Bonchev–Trinajstić information content (AvgIpc) is 2.47. The fourth-order valence-electron chi connectivity index (χ4n) is 2.44. The van der Waals surface area contributed by atoms with Gasteiger partial charge in [-0.1, -0.05) is 48.5 Å². The molecule has 0 saturated carbocycles. The molecule has 1 amide bonds. The molecule has 0 heterocycles. The van der Waals surface area contributed by atoms with Gasteiger partial charge in [0.15, 0.2) is 0 Å². The smallest absolute Gasteiger partial charge is 0.236 e. The number of benzene rings is 2. The van der Waals surface area contributed by atoms with E-state index in [9.17, 15) is 4.79 Å². The van der Waals surface area contributed by atoms with E-state index in [0.717, 1.165) is 11.3 Å². The van der Waals surface area contributed by atoms with Crippen LogP contribution < -0.4 is 5.32 Å². The van der Waals surface area contributed by atoms with Crippen molar-refractivity contribution in [2.45, 2.75) is 49.3 Å². The Morgan fingerprint density at radius 3 is 2.00 bits per heavy atom. The minimum Gasteiger partial charge on any atom is -0.350 e. The summed E-state index contributed by atoms with van der Waals surface area (Å²) in [5, 5.41) is 3.21. The molecule has 2 aromatic carbocycles. The maximum atomic E-state index is 12.7. The quantitative estimate of drug-likeness (QED) is 0.780. The predicted molar refractivity (Wildman–Crippen MR) is 98.7 cm³/mol. The van der Waals surface area contributed by atoms with Gasteiger partial charge in [-0.3, -0.25) is 4.79 Å². The molecule has 0 unspecified atom stereocenters. The van der Waals surface area contributed by atoms with Gasteiger partial charge in [-0.05, 0) is 51.8 Å². The van der Waals surface area contributed by atoms with E-state index in [1.807, 2.05) is 62.4 Å². The first-order chi connectivity index (χ1) is 10.8. The molecular formula is C20H25NOS. The first-order valence-corrected chi connectivity index (χ1v) is 8.71. The summed E-state index contributed by atoms with van der Waals surface area (Å²) in [5.41, 5.74) is 0.943. The number of thioether (sulfide) groups is 1. The summed E-state index contributed by atoms with van der Waals surface area (Å²) in [6.07, 6.45) is 0.811. The van der Waals surface area contributed by atoms with Gasteiger partial charge in [-0.25, -0.2) is 0 Å². The van der Waals surface area contributed by atoms with Crippen molar-refractivity contribution in [3.63, 3.8) is 0 Å². The summed E-state index contributed by atoms with van der Waals surface area (Å²) >= 11 is 1.59. The summed E-state index contributed by atoms with van der Waals surface area (Å²) in [6, 6.07) is 20.3. The number of carbonyl (C=O) groups excluding carboxylic acids is 1. The number of hydrogen-bond acceptors (Lipinski definition) is 2. The van der Waals surface area contributed by atoms with E-state index >= 15 is 0 Å². The zero-order valence-electron chi connectivity index (χ0n) is 14.3. The first kappa shape index (κ1) is 17.6. The number of hydrogen-bond donors (Lipinski definition) is 1. The Morgan fingerprint density at radius 2 is 1.43 bits per heavy atom. The van der Waals surface area contributed by atoms with Crippen LogP contribution >= 0.6 is 11.8 Å². The molecule has 0 atom stereocenters. The number of carbonyl (C=O) groups is 1. The minimum atomic E-state index is -0.519. The highest BCUT2D eigenvalue weighted by Gasteiger charge is 2.33. The molecule has 2 nitrogen and oxygen atoms in total. The van der Waals surface area contributed by atoms with E-state index in [0.29, 0.717) is 0 Å². The summed E-state index contributed by atoms with van der Waals surface area (Å²) < 4.78 is -0.519. The fraction of sp³-hybridized carbons (Fsp3) is 0.350. The van der Waals surface area contributed by atoms with Gasteiger partial charge in [0.25, 0.3) is 0 Å². The average molecular weight is 327 g/mol. The zero-order chi connectivity index (χ0) is 16.9. The maximum absolute atomic E-state index is 12.7. The number of amides is 1. The third-order valence-electron chi connectivity index (χ3n) is 3.60. The molecular weight excluding hydrogens is 302 g/mol. The Kier molecular flexibility index (Phi) is 5.53. The molecule has 1 N–H and O–H groups in total. The molecule has 0 fully saturated rings. The molecule has 0 saturated heterocycles. The molecule has 0 aliphatic rings. The highest BCUT2D eigenvalue weighted by Crippen LogP contribution is 2.33. The molecule has 0 spiro atoms. The van der Waals surface area contributed by atoms with Crippen molar-refractivity contribution in [3.05, 3.63) is 66.2 Å². The minimum absolute atomic E-state index is 0.0623. The summed E-state index contributed by atoms with van der Waals surface area (Å²) in [4.78, 5) is 13.8. The van der Waals surface area contributed by atoms with Crippen molar-refractivity contribution < 1.29 is 4.79 Å². The summed E-state index contributed by atoms with van der Waals surface area (Å²) in [6.45, 7) is 8.08. The standard InChI is InChI=1S/C20H25NOS/c1-19(2,15-16-11-7-5-8-12-16)21-18(22)20(3,4)23-17-13-9-6-10-14-17/h5-14H,15H2,1-4H3,(H,21,22). The van der Waals surface area contributed by atoms with Gasteiger partial charge in [0.2, 0.25) is 5.91 Å². The van der Waals surface area contributed by atoms with Crippen LogP contribution in [0.1, 0.15) is 33.3 Å². The largest absolute Gasteiger partial charge is 0.350 e. The lowest BCUT2D eigenvalue weighted by Gasteiger charge is -2.32. The molecule has 3 heteroatoms. The normalized spacial score (nSPS) is 12.0. The molecule has 0 aromatic heterocycles. The van der Waals surface area contributed by atoms with Crippen molar-refractivity contribution in [1.29, 1.82) is 0 Å². The first-order valence-electron chi connectivity index (χ1n) is 7.89.